The van der Waals surface area contributed by atoms with E-state index in [2.05, 4.69) is 31.8 Å². The monoisotopic (exact) mass is 414 g/mol. The lowest BCUT2D eigenvalue weighted by Gasteiger charge is -2.35. The predicted octanol–water partition coefficient (Wildman–Crippen LogP) is 2.43. The number of hydrogen-bond acceptors (Lipinski definition) is 6. The van der Waals surface area contributed by atoms with E-state index in [9.17, 15) is 0 Å². The van der Waals surface area contributed by atoms with Gasteiger partial charge >= 0.3 is 0 Å². The molecule has 2 fully saturated rings. The zero-order valence-corrected chi connectivity index (χ0v) is 17.9. The van der Waals surface area contributed by atoms with Crippen LogP contribution in [0.15, 0.2) is 40.8 Å². The van der Waals surface area contributed by atoms with E-state index in [0.29, 0.717) is 12.5 Å². The van der Waals surface area contributed by atoms with Crippen LogP contribution in [0, 0.1) is 0 Å². The molecular weight excluding hydrogens is 384 g/mol. The summed E-state index contributed by atoms with van der Waals surface area (Å²) >= 11 is 1.69. The van der Waals surface area contributed by atoms with Gasteiger partial charge in [-0.3, -0.25) is 9.89 Å². The van der Waals surface area contributed by atoms with Crippen LogP contribution in [-0.2, 0) is 0 Å². The number of thiazole rings is 1. The third-order valence-electron chi connectivity index (χ3n) is 5.80. The van der Waals surface area contributed by atoms with Gasteiger partial charge in [-0.25, -0.2) is 4.98 Å². The quantitative estimate of drug-likeness (QED) is 0.578. The topological polar surface area (TPSA) is 70.2 Å². The maximum atomic E-state index is 6.39. The van der Waals surface area contributed by atoms with Crippen molar-refractivity contribution in [2.24, 2.45) is 10.7 Å². The fraction of sp³-hybridized carbons (Fsp3) is 0.524. The van der Waals surface area contributed by atoms with Gasteiger partial charge in [-0.15, -0.1) is 11.3 Å². The van der Waals surface area contributed by atoms with Crippen molar-refractivity contribution in [3.63, 3.8) is 0 Å². The Bertz CT molecular complexity index is 780. The van der Waals surface area contributed by atoms with Crippen LogP contribution in [0.4, 0.5) is 5.13 Å². The van der Waals surface area contributed by atoms with Crippen molar-refractivity contribution in [1.82, 2.24) is 14.8 Å². The normalized spacial score (nSPS) is 19.6. The molecule has 2 aromatic rings. The first-order chi connectivity index (χ1) is 14.2. The molecule has 4 rings (SSSR count). The Morgan fingerprint density at radius 2 is 1.86 bits per heavy atom. The molecule has 1 aromatic heterocycles. The number of aliphatic imine (C=N–C) groups is 1. The summed E-state index contributed by atoms with van der Waals surface area (Å²) in [4.78, 5) is 16.3. The van der Waals surface area contributed by atoms with Gasteiger partial charge in [-0.05, 0) is 43.6 Å². The Hall–Kier alpha value is -2.32. The van der Waals surface area contributed by atoms with E-state index in [1.54, 1.807) is 18.4 Å². The van der Waals surface area contributed by atoms with Crippen LogP contribution in [0.25, 0.3) is 0 Å². The van der Waals surface area contributed by atoms with Gasteiger partial charge in [0.25, 0.3) is 0 Å². The largest absolute Gasteiger partial charge is 0.497 e. The molecule has 2 N–H and O–H groups in total. The average Bonchev–Trinajstić information content (AvgIpc) is 3.49. The van der Waals surface area contributed by atoms with E-state index < -0.39 is 0 Å². The van der Waals surface area contributed by atoms with Crippen LogP contribution in [0.2, 0.25) is 0 Å². The smallest absolute Gasteiger partial charge is 0.191 e. The summed E-state index contributed by atoms with van der Waals surface area (Å²) in [6, 6.07) is 8.63. The summed E-state index contributed by atoms with van der Waals surface area (Å²) in [5, 5.41) is 3.11. The van der Waals surface area contributed by atoms with Gasteiger partial charge in [0.15, 0.2) is 11.1 Å². The second-order valence-electron chi connectivity index (χ2n) is 7.52. The molecule has 0 aliphatic carbocycles. The molecule has 0 spiro atoms. The number of ether oxygens (including phenoxy) is 1. The number of piperazine rings is 1. The first-order valence-corrected chi connectivity index (χ1v) is 11.2. The molecule has 1 aromatic carbocycles. The first-order valence-electron chi connectivity index (χ1n) is 10.3. The van der Waals surface area contributed by atoms with Crippen LogP contribution in [0.5, 0.6) is 5.75 Å². The van der Waals surface area contributed by atoms with E-state index in [1.165, 1.54) is 18.4 Å². The Labute approximate surface area is 176 Å². The number of nitrogens with zero attached hydrogens (tertiary/aromatic N) is 5. The fourth-order valence-corrected chi connectivity index (χ4v) is 4.79. The summed E-state index contributed by atoms with van der Waals surface area (Å²) < 4.78 is 5.31. The number of benzene rings is 1. The van der Waals surface area contributed by atoms with Crippen molar-refractivity contribution in [2.75, 3.05) is 57.8 Å². The molecule has 0 saturated carbocycles. The zero-order chi connectivity index (χ0) is 20.1. The highest BCUT2D eigenvalue weighted by molar-refractivity contribution is 7.13. The minimum absolute atomic E-state index is 0.263. The lowest BCUT2D eigenvalue weighted by atomic mass is 10.1. The molecule has 3 heterocycles. The standard InChI is InChI=1S/C21H30N6OS/c1-28-18-6-4-17(5-7-18)19(25-9-2-3-10-25)16-24-20(22)26-11-13-27(14-12-26)21-23-8-15-29-21/h4-8,15,19H,2-3,9-14,16H2,1H3,(H2,22,24). The highest BCUT2D eigenvalue weighted by Crippen LogP contribution is 2.27. The van der Waals surface area contributed by atoms with Crippen LogP contribution < -0.4 is 15.4 Å². The number of anilines is 1. The minimum atomic E-state index is 0.263. The number of nitrogens with two attached hydrogens (primary N) is 1. The third kappa shape index (κ3) is 4.82. The number of hydrogen-bond donors (Lipinski definition) is 1. The van der Waals surface area contributed by atoms with Crippen molar-refractivity contribution in [2.45, 2.75) is 18.9 Å². The molecule has 29 heavy (non-hydrogen) atoms. The maximum absolute atomic E-state index is 6.39. The molecule has 0 radical (unpaired) electrons. The second-order valence-corrected chi connectivity index (χ2v) is 8.39. The van der Waals surface area contributed by atoms with E-state index in [-0.39, 0.29) is 6.04 Å². The molecule has 0 bridgehead atoms. The first kappa shape index (κ1) is 20.0. The number of methoxy groups -OCH3 is 1. The Balaban J connectivity index is 1.39. The van der Waals surface area contributed by atoms with Crippen LogP contribution in [0.3, 0.4) is 0 Å². The summed E-state index contributed by atoms with van der Waals surface area (Å²) in [7, 11) is 1.70. The number of likely N-dealkylation sites (tertiary alicyclic amines) is 1. The minimum Gasteiger partial charge on any atom is -0.497 e. The fourth-order valence-electron chi connectivity index (χ4n) is 4.09. The average molecular weight is 415 g/mol. The summed E-state index contributed by atoms with van der Waals surface area (Å²) in [6.45, 7) is 6.55. The van der Waals surface area contributed by atoms with Crippen molar-refractivity contribution >= 4 is 22.4 Å². The van der Waals surface area contributed by atoms with Gasteiger partial charge in [-0.2, -0.15) is 0 Å². The van der Waals surface area contributed by atoms with Crippen molar-refractivity contribution in [3.8, 4) is 5.75 Å². The zero-order valence-electron chi connectivity index (χ0n) is 17.0. The SMILES string of the molecule is COc1ccc(C(CN=C(N)N2CCN(c3nccs3)CC2)N2CCCC2)cc1. The molecular formula is C21H30N6OS. The molecule has 7 nitrogen and oxygen atoms in total. The van der Waals surface area contributed by atoms with Crippen molar-refractivity contribution < 1.29 is 4.74 Å². The van der Waals surface area contributed by atoms with E-state index >= 15 is 0 Å². The summed E-state index contributed by atoms with van der Waals surface area (Å²) in [5.74, 6) is 1.54. The molecule has 156 valence electrons. The molecule has 1 atom stereocenters. The van der Waals surface area contributed by atoms with E-state index in [1.807, 2.05) is 23.7 Å². The summed E-state index contributed by atoms with van der Waals surface area (Å²) in [6.07, 6.45) is 4.37. The number of guanidine groups is 1. The third-order valence-corrected chi connectivity index (χ3v) is 6.63. The van der Waals surface area contributed by atoms with Gasteiger partial charge < -0.3 is 20.3 Å². The van der Waals surface area contributed by atoms with Gasteiger partial charge in [0, 0.05) is 37.8 Å². The molecule has 2 aliphatic heterocycles. The molecule has 2 saturated heterocycles. The van der Waals surface area contributed by atoms with Crippen LogP contribution in [0.1, 0.15) is 24.4 Å². The Morgan fingerprint density at radius 1 is 1.14 bits per heavy atom. The van der Waals surface area contributed by atoms with E-state index in [4.69, 9.17) is 15.5 Å². The lowest BCUT2D eigenvalue weighted by Crippen LogP contribution is -2.51. The highest BCUT2D eigenvalue weighted by Gasteiger charge is 2.24. The van der Waals surface area contributed by atoms with E-state index in [0.717, 1.165) is 50.1 Å². The Morgan fingerprint density at radius 3 is 2.48 bits per heavy atom. The predicted molar refractivity (Wildman–Crippen MR) is 119 cm³/mol. The molecule has 0 amide bonds. The van der Waals surface area contributed by atoms with Crippen LogP contribution in [-0.4, -0.2) is 73.7 Å². The Kier molecular flexibility index (Phi) is 6.51. The lowest BCUT2D eigenvalue weighted by molar-refractivity contribution is 0.250. The van der Waals surface area contributed by atoms with Gasteiger partial charge in [0.05, 0.1) is 19.7 Å². The second kappa shape index (κ2) is 9.45. The van der Waals surface area contributed by atoms with Gasteiger partial charge in [0.2, 0.25) is 0 Å². The van der Waals surface area contributed by atoms with Crippen LogP contribution >= 0.6 is 11.3 Å². The number of rotatable bonds is 6. The van der Waals surface area contributed by atoms with Crippen molar-refractivity contribution in [1.29, 1.82) is 0 Å². The van der Waals surface area contributed by atoms with Crippen molar-refractivity contribution in [3.05, 3.63) is 41.4 Å². The summed E-state index contributed by atoms with van der Waals surface area (Å²) in [5.41, 5.74) is 7.66. The van der Waals surface area contributed by atoms with Gasteiger partial charge in [0.1, 0.15) is 5.75 Å². The maximum Gasteiger partial charge on any atom is 0.191 e. The number of aromatic nitrogens is 1. The molecule has 1 unspecified atom stereocenters. The molecule has 8 heteroatoms. The van der Waals surface area contributed by atoms with Gasteiger partial charge in [-0.1, -0.05) is 12.1 Å². The highest BCUT2D eigenvalue weighted by atomic mass is 32.1. The molecule has 2 aliphatic rings.